The first-order valence-corrected chi connectivity index (χ1v) is 6.87. The Morgan fingerprint density at radius 2 is 2.21 bits per heavy atom. The number of rotatable bonds is 7. The molecule has 0 saturated heterocycles. The van der Waals surface area contributed by atoms with Gasteiger partial charge in [0.15, 0.2) is 0 Å². The van der Waals surface area contributed by atoms with Crippen LogP contribution in [0.5, 0.6) is 5.75 Å². The normalized spacial score (nSPS) is 16.7. The Morgan fingerprint density at radius 1 is 1.47 bits per heavy atom. The maximum absolute atomic E-state index is 13.7. The number of ether oxygens (including phenoxy) is 1. The first-order chi connectivity index (χ1) is 9.11. The third-order valence-corrected chi connectivity index (χ3v) is 3.83. The number of methoxy groups -OCH3 is 1. The predicted octanol–water partition coefficient (Wildman–Crippen LogP) is 2.41. The van der Waals surface area contributed by atoms with Crippen LogP contribution >= 0.6 is 0 Å². The molecule has 1 unspecified atom stereocenters. The molecule has 1 aliphatic carbocycles. The molecule has 0 aromatic heterocycles. The van der Waals surface area contributed by atoms with Gasteiger partial charge in [0.05, 0.1) is 7.11 Å². The molecule has 0 amide bonds. The zero-order chi connectivity index (χ0) is 13.8. The molecule has 106 valence electrons. The molecule has 1 atom stereocenters. The van der Waals surface area contributed by atoms with Crippen molar-refractivity contribution >= 4 is 0 Å². The molecule has 2 rings (SSSR count). The summed E-state index contributed by atoms with van der Waals surface area (Å²) >= 11 is 0. The van der Waals surface area contributed by atoms with Gasteiger partial charge in [-0.15, -0.1) is 0 Å². The third-order valence-electron chi connectivity index (χ3n) is 3.83. The summed E-state index contributed by atoms with van der Waals surface area (Å²) in [6.45, 7) is 3.63. The van der Waals surface area contributed by atoms with Crippen LogP contribution < -0.4 is 10.1 Å². The summed E-state index contributed by atoms with van der Waals surface area (Å²) in [4.78, 5) is 2.40. The molecular formula is C15H23FN2O. The van der Waals surface area contributed by atoms with E-state index in [-0.39, 0.29) is 5.82 Å². The highest BCUT2D eigenvalue weighted by Crippen LogP contribution is 2.26. The minimum atomic E-state index is -0.213. The van der Waals surface area contributed by atoms with Crippen LogP contribution in [0.4, 0.5) is 4.39 Å². The molecule has 0 heterocycles. The highest BCUT2D eigenvalue weighted by atomic mass is 19.1. The molecule has 0 spiro atoms. The first-order valence-electron chi connectivity index (χ1n) is 6.87. The molecule has 19 heavy (non-hydrogen) atoms. The number of likely N-dealkylation sites (N-methyl/N-ethyl adjacent to an activating group) is 1. The van der Waals surface area contributed by atoms with E-state index < -0.39 is 0 Å². The quantitative estimate of drug-likeness (QED) is 0.820. The first kappa shape index (κ1) is 14.3. The van der Waals surface area contributed by atoms with E-state index in [1.54, 1.807) is 19.2 Å². The maximum Gasteiger partial charge on any atom is 0.131 e. The Bertz CT molecular complexity index is 421. The van der Waals surface area contributed by atoms with Crippen LogP contribution in [-0.2, 0) is 6.54 Å². The van der Waals surface area contributed by atoms with Gasteiger partial charge in [-0.25, -0.2) is 4.39 Å². The van der Waals surface area contributed by atoms with E-state index in [9.17, 15) is 4.39 Å². The van der Waals surface area contributed by atoms with Crippen molar-refractivity contribution in [1.29, 1.82) is 0 Å². The Morgan fingerprint density at radius 3 is 2.79 bits per heavy atom. The summed E-state index contributed by atoms with van der Waals surface area (Å²) in [6.07, 6.45) is 2.63. The van der Waals surface area contributed by atoms with E-state index in [0.29, 0.717) is 23.9 Å². The van der Waals surface area contributed by atoms with Gasteiger partial charge in [-0.3, -0.25) is 4.90 Å². The lowest BCUT2D eigenvalue weighted by Crippen LogP contribution is -2.39. The summed E-state index contributed by atoms with van der Waals surface area (Å²) in [7, 11) is 3.71. The van der Waals surface area contributed by atoms with Crippen molar-refractivity contribution in [1.82, 2.24) is 10.2 Å². The zero-order valence-electron chi connectivity index (χ0n) is 11.9. The average Bonchev–Trinajstić information content (AvgIpc) is 3.23. The maximum atomic E-state index is 13.7. The Hall–Kier alpha value is -1.13. The van der Waals surface area contributed by atoms with Crippen LogP contribution in [0.3, 0.4) is 0 Å². The van der Waals surface area contributed by atoms with Gasteiger partial charge in [0.25, 0.3) is 0 Å². The van der Waals surface area contributed by atoms with Gasteiger partial charge in [-0.2, -0.15) is 0 Å². The van der Waals surface area contributed by atoms with Crippen molar-refractivity contribution in [3.05, 3.63) is 29.6 Å². The van der Waals surface area contributed by atoms with Gasteiger partial charge in [0.1, 0.15) is 11.6 Å². The van der Waals surface area contributed by atoms with Crippen molar-refractivity contribution in [3.8, 4) is 5.75 Å². The molecule has 3 nitrogen and oxygen atoms in total. The van der Waals surface area contributed by atoms with Crippen LogP contribution in [0.2, 0.25) is 0 Å². The largest absolute Gasteiger partial charge is 0.497 e. The van der Waals surface area contributed by atoms with E-state index >= 15 is 0 Å². The smallest absolute Gasteiger partial charge is 0.131 e. The van der Waals surface area contributed by atoms with Crippen LogP contribution in [0.1, 0.15) is 25.3 Å². The summed E-state index contributed by atoms with van der Waals surface area (Å²) < 4.78 is 18.7. The SMILES string of the molecule is COc1ccc(CNCC(C)N(C)C2CC2)c(F)c1. The minimum Gasteiger partial charge on any atom is -0.497 e. The molecule has 0 bridgehead atoms. The van der Waals surface area contributed by atoms with Crippen LogP contribution in [-0.4, -0.2) is 37.7 Å². The molecular weight excluding hydrogens is 243 g/mol. The number of hydrogen-bond donors (Lipinski definition) is 1. The van der Waals surface area contributed by atoms with Crippen molar-refractivity contribution in [3.63, 3.8) is 0 Å². The van der Waals surface area contributed by atoms with E-state index in [1.165, 1.54) is 18.9 Å². The zero-order valence-corrected chi connectivity index (χ0v) is 11.9. The van der Waals surface area contributed by atoms with Gasteiger partial charge >= 0.3 is 0 Å². The van der Waals surface area contributed by atoms with E-state index in [0.717, 1.165) is 12.6 Å². The average molecular weight is 266 g/mol. The Kier molecular flexibility index (Phi) is 4.77. The van der Waals surface area contributed by atoms with Crippen molar-refractivity contribution < 1.29 is 9.13 Å². The molecule has 0 aliphatic heterocycles. The number of nitrogens with zero attached hydrogens (tertiary/aromatic N) is 1. The van der Waals surface area contributed by atoms with Crippen molar-refractivity contribution in [2.75, 3.05) is 20.7 Å². The molecule has 1 fully saturated rings. The van der Waals surface area contributed by atoms with E-state index in [4.69, 9.17) is 4.74 Å². The number of benzene rings is 1. The van der Waals surface area contributed by atoms with Gasteiger partial charge in [0.2, 0.25) is 0 Å². The lowest BCUT2D eigenvalue weighted by Gasteiger charge is -2.24. The molecule has 1 aliphatic rings. The van der Waals surface area contributed by atoms with Crippen LogP contribution in [0.15, 0.2) is 18.2 Å². The highest BCUT2D eigenvalue weighted by molar-refractivity contribution is 5.28. The molecule has 1 N–H and O–H groups in total. The molecule has 1 aromatic carbocycles. The van der Waals surface area contributed by atoms with Gasteiger partial charge in [0, 0.05) is 36.8 Å². The number of halogens is 1. The van der Waals surface area contributed by atoms with Crippen LogP contribution in [0.25, 0.3) is 0 Å². The highest BCUT2D eigenvalue weighted by Gasteiger charge is 2.28. The fraction of sp³-hybridized carbons (Fsp3) is 0.600. The van der Waals surface area contributed by atoms with Gasteiger partial charge < -0.3 is 10.1 Å². The predicted molar refractivity (Wildman–Crippen MR) is 74.9 cm³/mol. The second kappa shape index (κ2) is 6.35. The Balaban J connectivity index is 1.78. The topological polar surface area (TPSA) is 24.5 Å². The molecule has 1 aromatic rings. The second-order valence-corrected chi connectivity index (χ2v) is 5.33. The molecule has 4 heteroatoms. The fourth-order valence-corrected chi connectivity index (χ4v) is 2.20. The lowest BCUT2D eigenvalue weighted by atomic mass is 10.2. The Labute approximate surface area is 114 Å². The van der Waals surface area contributed by atoms with E-state index in [2.05, 4.69) is 24.2 Å². The minimum absolute atomic E-state index is 0.213. The van der Waals surface area contributed by atoms with Gasteiger partial charge in [-0.05, 0) is 32.9 Å². The molecule has 0 radical (unpaired) electrons. The number of hydrogen-bond acceptors (Lipinski definition) is 3. The number of nitrogens with one attached hydrogen (secondary N) is 1. The molecule has 1 saturated carbocycles. The third kappa shape index (κ3) is 3.91. The summed E-state index contributed by atoms with van der Waals surface area (Å²) in [5.74, 6) is 0.345. The van der Waals surface area contributed by atoms with Crippen molar-refractivity contribution in [2.45, 2.75) is 38.4 Å². The summed E-state index contributed by atoms with van der Waals surface area (Å²) in [6, 6.07) is 6.23. The lowest BCUT2D eigenvalue weighted by molar-refractivity contribution is 0.240. The summed E-state index contributed by atoms with van der Waals surface area (Å²) in [5.41, 5.74) is 0.682. The van der Waals surface area contributed by atoms with E-state index in [1.807, 2.05) is 0 Å². The monoisotopic (exact) mass is 266 g/mol. The van der Waals surface area contributed by atoms with Crippen molar-refractivity contribution in [2.24, 2.45) is 0 Å². The van der Waals surface area contributed by atoms with Crippen LogP contribution in [0, 0.1) is 5.82 Å². The standard InChI is InChI=1S/C15H23FN2O/c1-11(18(2)13-5-6-13)9-17-10-12-4-7-14(19-3)8-15(12)16/h4,7-8,11,13,17H,5-6,9-10H2,1-3H3. The fourth-order valence-electron chi connectivity index (χ4n) is 2.20. The second-order valence-electron chi connectivity index (χ2n) is 5.33. The van der Waals surface area contributed by atoms with Gasteiger partial charge in [-0.1, -0.05) is 6.07 Å². The summed E-state index contributed by atoms with van der Waals surface area (Å²) in [5, 5.41) is 3.32.